The van der Waals surface area contributed by atoms with Gasteiger partial charge in [-0.2, -0.15) is 0 Å². The number of nitrogens with zero attached hydrogens (tertiary/aromatic N) is 1. The van der Waals surface area contributed by atoms with E-state index in [-0.39, 0.29) is 16.8 Å². The van der Waals surface area contributed by atoms with Crippen LogP contribution >= 0.6 is 0 Å². The molecular formula is C26H25FN4O4S2. The highest BCUT2D eigenvalue weighted by Gasteiger charge is 2.29. The monoisotopic (exact) mass is 540 g/mol. The summed E-state index contributed by atoms with van der Waals surface area (Å²) in [5.41, 5.74) is 2.74. The third-order valence-corrected chi connectivity index (χ3v) is 8.84. The zero-order valence-electron chi connectivity index (χ0n) is 20.0. The summed E-state index contributed by atoms with van der Waals surface area (Å²) >= 11 is 0. The van der Waals surface area contributed by atoms with Gasteiger partial charge in [0.1, 0.15) is 22.5 Å². The summed E-state index contributed by atoms with van der Waals surface area (Å²) in [7, 11) is -4.86. The quantitative estimate of drug-likeness (QED) is 0.272. The largest absolute Gasteiger partial charge is 0.345 e. The van der Waals surface area contributed by atoms with Crippen LogP contribution in [0.1, 0.15) is 41.6 Å². The van der Waals surface area contributed by atoms with Crippen molar-refractivity contribution < 1.29 is 21.8 Å². The summed E-state index contributed by atoms with van der Waals surface area (Å²) in [6.45, 7) is 0. The fraction of sp³-hybridized carbons (Fsp3) is 0.231. The summed E-state index contributed by atoms with van der Waals surface area (Å²) in [6, 6.07) is 12.7. The van der Waals surface area contributed by atoms with E-state index in [1.54, 1.807) is 18.3 Å². The van der Waals surface area contributed by atoms with Gasteiger partial charge in [-0.15, -0.1) is 0 Å². The molecule has 3 N–H and O–H groups in total. The zero-order valence-corrected chi connectivity index (χ0v) is 21.6. The third-order valence-electron chi connectivity index (χ3n) is 6.45. The van der Waals surface area contributed by atoms with E-state index in [4.69, 9.17) is 0 Å². The second kappa shape index (κ2) is 10.1. The van der Waals surface area contributed by atoms with E-state index in [2.05, 4.69) is 19.4 Å². The van der Waals surface area contributed by atoms with E-state index in [1.165, 1.54) is 24.6 Å². The van der Waals surface area contributed by atoms with Crippen LogP contribution in [0.2, 0.25) is 0 Å². The SMILES string of the molecule is CS(=O)Nc1cccc(-c2cnc3[nH]cc(C(=O)c4cc(NS(=O)(=O)C5CCCC5)ccc4F)c3c2)c1. The predicted molar refractivity (Wildman–Crippen MR) is 144 cm³/mol. The molecule has 0 saturated heterocycles. The molecule has 1 atom stereocenters. The first-order valence-electron chi connectivity index (χ1n) is 11.7. The molecule has 1 unspecified atom stereocenters. The number of pyridine rings is 1. The van der Waals surface area contributed by atoms with Crippen LogP contribution in [0.25, 0.3) is 22.2 Å². The minimum absolute atomic E-state index is 0.146. The van der Waals surface area contributed by atoms with Gasteiger partial charge in [0.25, 0.3) is 0 Å². The Morgan fingerprint density at radius 2 is 1.84 bits per heavy atom. The first kappa shape index (κ1) is 25.1. The molecule has 2 heterocycles. The number of rotatable bonds is 8. The Labute approximate surface area is 216 Å². The summed E-state index contributed by atoms with van der Waals surface area (Å²) < 4.78 is 57.1. The van der Waals surface area contributed by atoms with Gasteiger partial charge in [-0.3, -0.25) is 9.52 Å². The van der Waals surface area contributed by atoms with Crippen LogP contribution in [-0.2, 0) is 21.0 Å². The molecule has 1 fully saturated rings. The van der Waals surface area contributed by atoms with E-state index in [1.807, 2.05) is 18.2 Å². The number of carbonyl (C=O) groups is 1. The number of sulfonamides is 1. The fourth-order valence-corrected chi connectivity index (χ4v) is 6.67. The lowest BCUT2D eigenvalue weighted by Gasteiger charge is -2.14. The number of halogens is 1. The smallest absolute Gasteiger partial charge is 0.235 e. The number of fused-ring (bicyclic) bond motifs is 1. The lowest BCUT2D eigenvalue weighted by atomic mass is 10.00. The minimum atomic E-state index is -3.63. The van der Waals surface area contributed by atoms with Crippen LogP contribution in [0.3, 0.4) is 0 Å². The van der Waals surface area contributed by atoms with Crippen molar-refractivity contribution in [1.82, 2.24) is 9.97 Å². The van der Waals surface area contributed by atoms with E-state index in [9.17, 15) is 21.8 Å². The average Bonchev–Trinajstić information content (AvgIpc) is 3.55. The van der Waals surface area contributed by atoms with Crippen molar-refractivity contribution in [3.8, 4) is 11.1 Å². The van der Waals surface area contributed by atoms with Crippen molar-refractivity contribution in [3.05, 3.63) is 77.9 Å². The van der Waals surface area contributed by atoms with Gasteiger partial charge in [0.15, 0.2) is 5.78 Å². The number of benzene rings is 2. The number of ketones is 1. The summed E-state index contributed by atoms with van der Waals surface area (Å²) in [5, 5.41) is 0.0112. The maximum Gasteiger partial charge on any atom is 0.235 e. The van der Waals surface area contributed by atoms with E-state index in [0.717, 1.165) is 24.5 Å². The highest BCUT2D eigenvalue weighted by atomic mass is 32.2. The molecule has 5 rings (SSSR count). The number of aromatic nitrogens is 2. The Bertz CT molecular complexity index is 1630. The van der Waals surface area contributed by atoms with Crippen molar-refractivity contribution in [3.63, 3.8) is 0 Å². The summed E-state index contributed by atoms with van der Waals surface area (Å²) in [5.74, 6) is -1.35. The number of H-pyrrole nitrogens is 1. The highest BCUT2D eigenvalue weighted by molar-refractivity contribution is 7.93. The van der Waals surface area contributed by atoms with Crippen molar-refractivity contribution >= 4 is 49.2 Å². The molecule has 2 aromatic heterocycles. The molecule has 0 radical (unpaired) electrons. The maximum atomic E-state index is 14.8. The Hall–Kier alpha value is -3.57. The molecule has 0 spiro atoms. The normalized spacial score (nSPS) is 15.1. The topological polar surface area (TPSA) is 121 Å². The van der Waals surface area contributed by atoms with Crippen LogP contribution in [0, 0.1) is 5.82 Å². The Morgan fingerprint density at radius 1 is 1.05 bits per heavy atom. The number of aromatic amines is 1. The molecule has 2 aromatic carbocycles. The van der Waals surface area contributed by atoms with E-state index < -0.39 is 37.9 Å². The molecule has 8 nitrogen and oxygen atoms in total. The van der Waals surface area contributed by atoms with Gasteiger partial charge in [0.05, 0.1) is 10.8 Å². The van der Waals surface area contributed by atoms with Gasteiger partial charge in [-0.25, -0.2) is 22.0 Å². The summed E-state index contributed by atoms with van der Waals surface area (Å²) in [4.78, 5) is 20.8. The van der Waals surface area contributed by atoms with Gasteiger partial charge in [-0.1, -0.05) is 25.0 Å². The van der Waals surface area contributed by atoms with Crippen LogP contribution in [0.4, 0.5) is 15.8 Å². The molecule has 1 saturated carbocycles. The number of nitrogens with one attached hydrogen (secondary N) is 3. The van der Waals surface area contributed by atoms with Crippen molar-refractivity contribution in [2.45, 2.75) is 30.9 Å². The molecule has 0 amide bonds. The van der Waals surface area contributed by atoms with Gasteiger partial charge in [-0.05, 0) is 54.8 Å². The Morgan fingerprint density at radius 3 is 2.59 bits per heavy atom. The molecule has 4 aromatic rings. The van der Waals surface area contributed by atoms with E-state index in [0.29, 0.717) is 35.1 Å². The Balaban J connectivity index is 1.48. The minimum Gasteiger partial charge on any atom is -0.345 e. The molecule has 1 aliphatic carbocycles. The second-order valence-corrected chi connectivity index (χ2v) is 12.1. The van der Waals surface area contributed by atoms with Gasteiger partial charge < -0.3 is 9.71 Å². The van der Waals surface area contributed by atoms with Crippen molar-refractivity contribution in [2.24, 2.45) is 0 Å². The van der Waals surface area contributed by atoms with E-state index >= 15 is 0 Å². The summed E-state index contributed by atoms with van der Waals surface area (Å²) in [6.07, 6.45) is 7.53. The van der Waals surface area contributed by atoms with Gasteiger partial charge in [0.2, 0.25) is 10.0 Å². The van der Waals surface area contributed by atoms with Crippen LogP contribution in [0.15, 0.2) is 60.9 Å². The molecule has 0 aliphatic heterocycles. The lowest BCUT2D eigenvalue weighted by Crippen LogP contribution is -2.25. The molecule has 0 bridgehead atoms. The lowest BCUT2D eigenvalue weighted by molar-refractivity contribution is 0.103. The van der Waals surface area contributed by atoms with Crippen molar-refractivity contribution in [2.75, 3.05) is 15.7 Å². The number of carbonyl (C=O) groups excluding carboxylic acids is 1. The predicted octanol–water partition coefficient (Wildman–Crippen LogP) is 4.99. The second-order valence-electron chi connectivity index (χ2n) is 9.04. The van der Waals surface area contributed by atoms with Crippen LogP contribution in [0.5, 0.6) is 0 Å². The Kier molecular flexibility index (Phi) is 6.82. The standard InChI is InChI=1S/C26H25FN4O4S2/c1-36(33)30-18-6-4-5-16(11-18)17-12-21-23(15-29-26(21)28-14-17)25(32)22-13-19(9-10-24(22)27)31-37(34,35)20-7-2-3-8-20/h4-6,9-15,20,30-31H,2-3,7-8H2,1H3,(H,28,29). The zero-order chi connectivity index (χ0) is 26.2. The van der Waals surface area contributed by atoms with Gasteiger partial charge >= 0.3 is 0 Å². The van der Waals surface area contributed by atoms with Crippen molar-refractivity contribution in [1.29, 1.82) is 0 Å². The van der Waals surface area contributed by atoms with Crippen LogP contribution in [-0.4, -0.2) is 39.9 Å². The van der Waals surface area contributed by atoms with Crippen LogP contribution < -0.4 is 9.44 Å². The number of hydrogen-bond acceptors (Lipinski definition) is 5. The molecular weight excluding hydrogens is 515 g/mol. The number of anilines is 2. The molecule has 1 aliphatic rings. The molecule has 37 heavy (non-hydrogen) atoms. The molecule has 11 heteroatoms. The maximum absolute atomic E-state index is 14.8. The van der Waals surface area contributed by atoms with Gasteiger partial charge in [0, 0.05) is 46.5 Å². The highest BCUT2D eigenvalue weighted by Crippen LogP contribution is 2.30. The average molecular weight is 541 g/mol. The molecule has 192 valence electrons. The first-order chi connectivity index (χ1) is 17.7. The fourth-order valence-electron chi connectivity index (χ4n) is 4.63. The number of hydrogen-bond donors (Lipinski definition) is 3. The third kappa shape index (κ3) is 5.28. The first-order valence-corrected chi connectivity index (χ1v) is 14.9.